The first-order chi connectivity index (χ1) is 16.6. The lowest BCUT2D eigenvalue weighted by Crippen LogP contribution is -2.40. The van der Waals surface area contributed by atoms with Gasteiger partial charge in [0.05, 0.1) is 13.2 Å². The molecule has 6 nitrogen and oxygen atoms in total. The van der Waals surface area contributed by atoms with E-state index >= 15 is 0 Å². The van der Waals surface area contributed by atoms with E-state index in [0.717, 1.165) is 31.5 Å². The molecule has 1 N–H and O–H groups in total. The lowest BCUT2D eigenvalue weighted by Gasteiger charge is -2.33. The van der Waals surface area contributed by atoms with Crippen LogP contribution in [0, 0.1) is 5.82 Å². The largest absolute Gasteiger partial charge is 0.490 e. The lowest BCUT2D eigenvalue weighted by molar-refractivity contribution is -0.129. The zero-order chi connectivity index (χ0) is 23.8. The molecule has 2 aliphatic rings. The molecule has 1 amide bonds. The van der Waals surface area contributed by atoms with E-state index in [4.69, 9.17) is 9.47 Å². The average molecular weight is 469 g/mol. The fourth-order valence-electron chi connectivity index (χ4n) is 4.52. The highest BCUT2D eigenvalue weighted by Gasteiger charge is 2.22. The van der Waals surface area contributed by atoms with Crippen LogP contribution in [0.1, 0.15) is 29.9 Å². The molecule has 182 valence electrons. The van der Waals surface area contributed by atoms with Crippen LogP contribution in [0.4, 0.5) is 4.39 Å². The Kier molecular flexibility index (Phi) is 8.68. The van der Waals surface area contributed by atoms with E-state index in [1.165, 1.54) is 17.7 Å². The summed E-state index contributed by atoms with van der Waals surface area (Å²) in [5, 5.41) is 10.6. The van der Waals surface area contributed by atoms with Gasteiger partial charge in [0.15, 0.2) is 0 Å². The summed E-state index contributed by atoms with van der Waals surface area (Å²) in [5.41, 5.74) is 1.98. The van der Waals surface area contributed by atoms with Gasteiger partial charge in [-0.1, -0.05) is 30.3 Å². The van der Waals surface area contributed by atoms with Crippen LogP contribution in [-0.2, 0) is 9.53 Å². The van der Waals surface area contributed by atoms with Crippen LogP contribution >= 0.6 is 0 Å². The van der Waals surface area contributed by atoms with Gasteiger partial charge >= 0.3 is 0 Å². The maximum absolute atomic E-state index is 13.2. The van der Waals surface area contributed by atoms with Gasteiger partial charge in [0.2, 0.25) is 5.91 Å². The molecule has 1 unspecified atom stereocenters. The van der Waals surface area contributed by atoms with Crippen molar-refractivity contribution in [1.82, 2.24) is 9.80 Å². The van der Waals surface area contributed by atoms with Crippen molar-refractivity contribution < 1.29 is 23.8 Å². The number of piperidine rings is 1. The molecule has 1 atom stereocenters. The second-order valence-corrected chi connectivity index (χ2v) is 8.90. The minimum Gasteiger partial charge on any atom is -0.490 e. The van der Waals surface area contributed by atoms with Crippen molar-refractivity contribution in [2.45, 2.75) is 24.9 Å². The van der Waals surface area contributed by atoms with E-state index in [1.807, 2.05) is 36.4 Å². The molecule has 2 aromatic carbocycles. The van der Waals surface area contributed by atoms with Crippen molar-refractivity contribution in [1.29, 1.82) is 0 Å². The molecule has 34 heavy (non-hydrogen) atoms. The van der Waals surface area contributed by atoms with Crippen molar-refractivity contribution in [3.05, 3.63) is 71.6 Å². The maximum Gasteiger partial charge on any atom is 0.246 e. The fraction of sp³-hybridized carbons (Fsp3) is 0.444. The number of carbonyl (C=O) groups is 1. The van der Waals surface area contributed by atoms with E-state index in [0.29, 0.717) is 44.5 Å². The molecule has 4 rings (SSSR count). The monoisotopic (exact) mass is 468 g/mol. The second-order valence-electron chi connectivity index (χ2n) is 8.90. The molecule has 0 aliphatic carbocycles. The lowest BCUT2D eigenvalue weighted by atomic mass is 9.89. The number of nitrogens with zero attached hydrogens (tertiary/aromatic N) is 2. The average Bonchev–Trinajstić information content (AvgIpc) is 2.88. The number of hydrogen-bond acceptors (Lipinski definition) is 5. The highest BCUT2D eigenvalue weighted by molar-refractivity contribution is 5.92. The number of hydrogen-bond donors (Lipinski definition) is 1. The predicted octanol–water partition coefficient (Wildman–Crippen LogP) is 3.32. The minimum atomic E-state index is -0.616. The molecule has 2 aliphatic heterocycles. The molecule has 2 fully saturated rings. The summed E-state index contributed by atoms with van der Waals surface area (Å²) in [5.74, 6) is 0.832. The van der Waals surface area contributed by atoms with Crippen molar-refractivity contribution in [3.8, 4) is 5.75 Å². The minimum absolute atomic E-state index is 0.0397. The van der Waals surface area contributed by atoms with Crippen LogP contribution in [0.5, 0.6) is 5.75 Å². The Morgan fingerprint density at radius 2 is 1.79 bits per heavy atom. The standard InChI is InChI=1S/C27H33FN2O4/c28-24-8-5-21(6-9-24)22-11-13-29(14-12-22)19-25(31)20-34-26-4-2-1-3-23(26)7-10-27(32)30-15-17-33-18-16-30/h1-10,22,25,31H,11-20H2. The van der Waals surface area contributed by atoms with Gasteiger partial charge in [-0.05, 0) is 61.7 Å². The van der Waals surface area contributed by atoms with Crippen LogP contribution in [0.3, 0.4) is 0 Å². The summed E-state index contributed by atoms with van der Waals surface area (Å²) in [7, 11) is 0. The second kappa shape index (κ2) is 12.1. The Morgan fingerprint density at radius 3 is 2.53 bits per heavy atom. The molecule has 0 bridgehead atoms. The molecule has 0 saturated carbocycles. The SMILES string of the molecule is O=C(C=Cc1ccccc1OCC(O)CN1CCC(c2ccc(F)cc2)CC1)N1CCOCC1. The van der Waals surface area contributed by atoms with Gasteiger partial charge < -0.3 is 24.4 Å². The number of ether oxygens (including phenoxy) is 2. The number of rotatable bonds is 8. The molecule has 2 heterocycles. The maximum atomic E-state index is 13.2. The Bertz CT molecular complexity index is 951. The first kappa shape index (κ1) is 24.4. The first-order valence-corrected chi connectivity index (χ1v) is 12.0. The number of benzene rings is 2. The summed E-state index contributed by atoms with van der Waals surface area (Å²) in [6.07, 6.45) is 4.69. The molecular weight excluding hydrogens is 435 g/mol. The van der Waals surface area contributed by atoms with Crippen LogP contribution in [-0.4, -0.2) is 79.5 Å². The zero-order valence-electron chi connectivity index (χ0n) is 19.4. The molecule has 7 heteroatoms. The quantitative estimate of drug-likeness (QED) is 0.603. The molecule has 2 aromatic rings. The van der Waals surface area contributed by atoms with Crippen molar-refractivity contribution in [3.63, 3.8) is 0 Å². The number of morpholine rings is 1. The number of β-amino-alcohol motifs (C(OH)–C–C–N with tert-alkyl or cyclic N) is 1. The molecule has 0 aromatic heterocycles. The Balaban J connectivity index is 1.23. The third-order valence-corrected chi connectivity index (χ3v) is 6.48. The van der Waals surface area contributed by atoms with Gasteiger partial charge in [-0.3, -0.25) is 4.79 Å². The number of para-hydroxylation sites is 1. The van der Waals surface area contributed by atoms with E-state index in [-0.39, 0.29) is 18.3 Å². The van der Waals surface area contributed by atoms with Gasteiger partial charge in [-0.2, -0.15) is 0 Å². The van der Waals surface area contributed by atoms with Gasteiger partial charge in [-0.25, -0.2) is 4.39 Å². The number of likely N-dealkylation sites (tertiary alicyclic amines) is 1. The van der Waals surface area contributed by atoms with Crippen molar-refractivity contribution in [2.24, 2.45) is 0 Å². The van der Waals surface area contributed by atoms with E-state index in [1.54, 1.807) is 17.1 Å². The highest BCUT2D eigenvalue weighted by Crippen LogP contribution is 2.28. The molecular formula is C27H33FN2O4. The number of carbonyl (C=O) groups excluding carboxylic acids is 1. The smallest absolute Gasteiger partial charge is 0.246 e. The number of aliphatic hydroxyl groups is 1. The third-order valence-electron chi connectivity index (χ3n) is 6.48. The van der Waals surface area contributed by atoms with Gasteiger partial charge in [-0.15, -0.1) is 0 Å². The molecule has 0 spiro atoms. The van der Waals surface area contributed by atoms with Crippen LogP contribution in [0.15, 0.2) is 54.6 Å². The topological polar surface area (TPSA) is 62.2 Å². The fourth-order valence-corrected chi connectivity index (χ4v) is 4.52. The highest BCUT2D eigenvalue weighted by atomic mass is 19.1. The predicted molar refractivity (Wildman–Crippen MR) is 129 cm³/mol. The van der Waals surface area contributed by atoms with Gasteiger partial charge in [0.25, 0.3) is 0 Å². The summed E-state index contributed by atoms with van der Waals surface area (Å²) in [6, 6.07) is 14.3. The Hall–Kier alpha value is -2.74. The molecule has 0 radical (unpaired) electrons. The number of halogens is 1. The summed E-state index contributed by atoms with van der Waals surface area (Å²) >= 11 is 0. The Labute approximate surface area is 200 Å². The first-order valence-electron chi connectivity index (χ1n) is 12.0. The van der Waals surface area contributed by atoms with Gasteiger partial charge in [0, 0.05) is 31.3 Å². The molecule has 2 saturated heterocycles. The third kappa shape index (κ3) is 6.88. The zero-order valence-corrected chi connectivity index (χ0v) is 19.4. The summed E-state index contributed by atoms with van der Waals surface area (Å²) < 4.78 is 24.4. The van der Waals surface area contributed by atoms with Crippen molar-refractivity contribution >= 4 is 12.0 Å². The van der Waals surface area contributed by atoms with E-state index < -0.39 is 6.10 Å². The summed E-state index contributed by atoms with van der Waals surface area (Å²) in [6.45, 7) is 4.86. The van der Waals surface area contributed by atoms with E-state index in [9.17, 15) is 14.3 Å². The van der Waals surface area contributed by atoms with Crippen LogP contribution in [0.25, 0.3) is 6.08 Å². The van der Waals surface area contributed by atoms with Crippen LogP contribution in [0.2, 0.25) is 0 Å². The van der Waals surface area contributed by atoms with Gasteiger partial charge in [0.1, 0.15) is 24.3 Å². The normalized spacial score (nSPS) is 18.8. The van der Waals surface area contributed by atoms with E-state index in [2.05, 4.69) is 4.90 Å². The number of amides is 1. The summed E-state index contributed by atoms with van der Waals surface area (Å²) in [4.78, 5) is 16.4. The number of aliphatic hydroxyl groups excluding tert-OH is 1. The Morgan fingerprint density at radius 1 is 1.09 bits per heavy atom. The van der Waals surface area contributed by atoms with Crippen LogP contribution < -0.4 is 4.74 Å². The van der Waals surface area contributed by atoms with Crippen molar-refractivity contribution in [2.75, 3.05) is 52.5 Å².